The molecule has 20 heavy (non-hydrogen) atoms. The molecule has 0 aliphatic carbocycles. The van der Waals surface area contributed by atoms with Crippen molar-refractivity contribution in [2.45, 2.75) is 6.92 Å². The molecule has 0 aliphatic heterocycles. The number of aromatic nitrogens is 1. The summed E-state index contributed by atoms with van der Waals surface area (Å²) < 4.78 is 1.92. The van der Waals surface area contributed by atoms with Gasteiger partial charge in [-0.3, -0.25) is 0 Å². The van der Waals surface area contributed by atoms with E-state index < -0.39 is 0 Å². The first-order chi connectivity index (χ1) is 9.59. The topological polar surface area (TPSA) is 24.6 Å². The highest BCUT2D eigenvalue weighted by atomic mass is 35.5. The molecule has 100 valence electrons. The summed E-state index contributed by atoms with van der Waals surface area (Å²) in [7, 11) is 0. The van der Waals surface area contributed by atoms with Gasteiger partial charge in [-0.2, -0.15) is 0 Å². The maximum Gasteiger partial charge on any atom is 0.150 e. The largest absolute Gasteiger partial charge is 0.505 e. The third-order valence-corrected chi connectivity index (χ3v) is 3.73. The summed E-state index contributed by atoms with van der Waals surface area (Å²) in [6.45, 7) is 1.81. The number of halogens is 1. The molecule has 1 N–H and O–H groups in total. The summed E-state index contributed by atoms with van der Waals surface area (Å²) in [5.74, 6) is 0.214. The standard InChI is InChI=1S/C16H12ClNOS/c1-10(20)15-16(19)14(11-5-7-12(17)8-6-11)13-4-2-3-9-18(13)15/h2-9,19H,1H3. The SMILES string of the molecule is CC(=S)c1c(O)c(-c2ccc(Cl)cc2)c2ccccn12. The molecule has 0 bridgehead atoms. The van der Waals surface area contributed by atoms with Crippen LogP contribution in [0.2, 0.25) is 5.02 Å². The second-order valence-corrected chi connectivity index (χ2v) is 5.64. The number of hydrogen-bond donors (Lipinski definition) is 1. The fourth-order valence-corrected chi connectivity index (χ4v) is 2.75. The van der Waals surface area contributed by atoms with E-state index in [4.69, 9.17) is 23.8 Å². The van der Waals surface area contributed by atoms with Crippen molar-refractivity contribution in [1.82, 2.24) is 4.40 Å². The Morgan fingerprint density at radius 3 is 2.50 bits per heavy atom. The lowest BCUT2D eigenvalue weighted by Crippen LogP contribution is -1.96. The lowest BCUT2D eigenvalue weighted by molar-refractivity contribution is 0.476. The van der Waals surface area contributed by atoms with Gasteiger partial charge in [-0.15, -0.1) is 0 Å². The maximum atomic E-state index is 10.6. The number of fused-ring (bicyclic) bond motifs is 1. The van der Waals surface area contributed by atoms with Crippen molar-refractivity contribution in [3.8, 4) is 16.9 Å². The van der Waals surface area contributed by atoms with Gasteiger partial charge in [-0.05, 0) is 36.8 Å². The third kappa shape index (κ3) is 1.99. The van der Waals surface area contributed by atoms with Crippen LogP contribution in [0.3, 0.4) is 0 Å². The van der Waals surface area contributed by atoms with Crippen molar-refractivity contribution in [1.29, 1.82) is 0 Å². The Bertz CT molecular complexity index is 805. The van der Waals surface area contributed by atoms with Crippen LogP contribution in [0, 0.1) is 0 Å². The molecule has 0 spiro atoms. The number of pyridine rings is 1. The Hall–Kier alpha value is -1.84. The summed E-state index contributed by atoms with van der Waals surface area (Å²) >= 11 is 11.2. The molecule has 0 radical (unpaired) electrons. The molecule has 3 rings (SSSR count). The van der Waals surface area contributed by atoms with Gasteiger partial charge in [-0.25, -0.2) is 0 Å². The average molecular weight is 302 g/mol. The lowest BCUT2D eigenvalue weighted by atomic mass is 10.1. The van der Waals surface area contributed by atoms with Gasteiger partial charge >= 0.3 is 0 Å². The molecule has 0 fully saturated rings. The second-order valence-electron chi connectivity index (χ2n) is 4.59. The molecule has 4 heteroatoms. The molecular weight excluding hydrogens is 290 g/mol. The number of thiocarbonyl (C=S) groups is 1. The molecule has 2 aromatic heterocycles. The molecule has 3 aromatic rings. The van der Waals surface area contributed by atoms with Crippen LogP contribution in [0.25, 0.3) is 16.6 Å². The van der Waals surface area contributed by atoms with Crippen molar-refractivity contribution in [3.05, 3.63) is 59.4 Å². The van der Waals surface area contributed by atoms with E-state index in [2.05, 4.69) is 0 Å². The van der Waals surface area contributed by atoms with E-state index in [0.29, 0.717) is 15.6 Å². The summed E-state index contributed by atoms with van der Waals surface area (Å²) in [4.78, 5) is 0.656. The molecule has 0 atom stereocenters. The van der Waals surface area contributed by atoms with E-state index in [0.717, 1.165) is 16.6 Å². The average Bonchev–Trinajstić information content (AvgIpc) is 2.72. The highest BCUT2D eigenvalue weighted by Gasteiger charge is 2.19. The second kappa shape index (κ2) is 4.93. The Morgan fingerprint density at radius 1 is 1.15 bits per heavy atom. The number of benzene rings is 1. The van der Waals surface area contributed by atoms with Gasteiger partial charge in [0, 0.05) is 21.6 Å². The quantitative estimate of drug-likeness (QED) is 0.548. The van der Waals surface area contributed by atoms with E-state index in [9.17, 15) is 5.11 Å². The van der Waals surface area contributed by atoms with Crippen molar-refractivity contribution in [2.75, 3.05) is 0 Å². The minimum absolute atomic E-state index is 0.214. The minimum Gasteiger partial charge on any atom is -0.505 e. The first kappa shape index (κ1) is 13.2. The molecule has 0 amide bonds. The van der Waals surface area contributed by atoms with Gasteiger partial charge in [0.15, 0.2) is 5.75 Å². The summed E-state index contributed by atoms with van der Waals surface area (Å²) in [6, 6.07) is 13.2. The zero-order valence-corrected chi connectivity index (χ0v) is 12.4. The first-order valence-corrected chi connectivity index (χ1v) is 6.97. The number of hydrogen-bond acceptors (Lipinski definition) is 2. The minimum atomic E-state index is 0.214. The Morgan fingerprint density at radius 2 is 1.85 bits per heavy atom. The highest BCUT2D eigenvalue weighted by Crippen LogP contribution is 2.39. The van der Waals surface area contributed by atoms with E-state index in [1.807, 2.05) is 60.0 Å². The smallest absolute Gasteiger partial charge is 0.150 e. The van der Waals surface area contributed by atoms with Crippen molar-refractivity contribution in [2.24, 2.45) is 0 Å². The molecule has 0 saturated carbocycles. The monoisotopic (exact) mass is 301 g/mol. The molecule has 2 heterocycles. The van der Waals surface area contributed by atoms with Crippen molar-refractivity contribution in [3.63, 3.8) is 0 Å². The Labute approximate surface area is 127 Å². The van der Waals surface area contributed by atoms with Gasteiger partial charge in [0.05, 0.1) is 5.52 Å². The summed E-state index contributed by atoms with van der Waals surface area (Å²) in [5, 5.41) is 11.2. The molecular formula is C16H12ClNOS. The van der Waals surface area contributed by atoms with Crippen LogP contribution in [0.5, 0.6) is 5.75 Å². The van der Waals surface area contributed by atoms with Gasteiger partial charge in [0.1, 0.15) is 5.69 Å². The summed E-state index contributed by atoms with van der Waals surface area (Å²) in [5.41, 5.74) is 3.28. The molecule has 0 unspecified atom stereocenters. The van der Waals surface area contributed by atoms with Gasteiger partial charge in [0.25, 0.3) is 0 Å². The van der Waals surface area contributed by atoms with Gasteiger partial charge < -0.3 is 9.51 Å². The van der Waals surface area contributed by atoms with Crippen LogP contribution in [0.1, 0.15) is 12.6 Å². The van der Waals surface area contributed by atoms with Crippen molar-refractivity contribution >= 4 is 34.2 Å². The zero-order chi connectivity index (χ0) is 14.3. The fourth-order valence-electron chi connectivity index (χ4n) is 2.43. The first-order valence-electron chi connectivity index (χ1n) is 6.18. The van der Waals surface area contributed by atoms with Gasteiger partial charge in [-0.1, -0.05) is 42.0 Å². The van der Waals surface area contributed by atoms with E-state index in [1.54, 1.807) is 0 Å². The summed E-state index contributed by atoms with van der Waals surface area (Å²) in [6.07, 6.45) is 1.90. The third-order valence-electron chi connectivity index (χ3n) is 3.28. The fraction of sp³-hybridized carbons (Fsp3) is 0.0625. The maximum absolute atomic E-state index is 10.6. The van der Waals surface area contributed by atoms with Crippen LogP contribution >= 0.6 is 23.8 Å². The number of rotatable bonds is 2. The normalized spacial score (nSPS) is 10.9. The zero-order valence-electron chi connectivity index (χ0n) is 10.8. The van der Waals surface area contributed by atoms with Crippen LogP contribution in [0.15, 0.2) is 48.7 Å². The van der Waals surface area contributed by atoms with Crippen molar-refractivity contribution < 1.29 is 5.11 Å². The van der Waals surface area contributed by atoms with Crippen LogP contribution < -0.4 is 0 Å². The van der Waals surface area contributed by atoms with E-state index in [1.165, 1.54) is 0 Å². The Kier molecular flexibility index (Phi) is 3.24. The molecule has 0 aliphatic rings. The van der Waals surface area contributed by atoms with Crippen LogP contribution in [-0.2, 0) is 0 Å². The highest BCUT2D eigenvalue weighted by molar-refractivity contribution is 7.80. The predicted octanol–water partition coefficient (Wildman–Crippen LogP) is 4.70. The molecule has 0 saturated heterocycles. The molecule has 2 nitrogen and oxygen atoms in total. The molecule has 1 aromatic carbocycles. The van der Waals surface area contributed by atoms with Crippen LogP contribution in [0.4, 0.5) is 0 Å². The van der Waals surface area contributed by atoms with Gasteiger partial charge in [0.2, 0.25) is 0 Å². The predicted molar refractivity (Wildman–Crippen MR) is 86.9 cm³/mol. The lowest BCUT2D eigenvalue weighted by Gasteiger charge is -2.01. The van der Waals surface area contributed by atoms with E-state index in [-0.39, 0.29) is 5.75 Å². The van der Waals surface area contributed by atoms with Crippen LogP contribution in [-0.4, -0.2) is 14.4 Å². The Balaban J connectivity index is 2.38. The number of aromatic hydroxyl groups is 1. The number of nitrogens with zero attached hydrogens (tertiary/aromatic N) is 1. The van der Waals surface area contributed by atoms with E-state index >= 15 is 0 Å².